The maximum atomic E-state index is 12.7. The van der Waals surface area contributed by atoms with Gasteiger partial charge in [0.15, 0.2) is 0 Å². The SMILES string of the molecule is OCCOCCNc1cc(F)cc(F)c1. The van der Waals surface area contributed by atoms with Crippen LogP contribution >= 0.6 is 0 Å². The second-order valence-electron chi connectivity index (χ2n) is 2.92. The first-order valence-electron chi connectivity index (χ1n) is 4.61. The molecule has 0 saturated carbocycles. The van der Waals surface area contributed by atoms with Gasteiger partial charge in [0.1, 0.15) is 11.6 Å². The molecule has 0 heterocycles. The molecule has 2 N–H and O–H groups in total. The first kappa shape index (κ1) is 11.9. The van der Waals surface area contributed by atoms with Crippen LogP contribution in [-0.2, 0) is 4.74 Å². The molecule has 1 rings (SSSR count). The van der Waals surface area contributed by atoms with Crippen LogP contribution in [0.4, 0.5) is 14.5 Å². The molecule has 0 bridgehead atoms. The van der Waals surface area contributed by atoms with Gasteiger partial charge in [-0.3, -0.25) is 0 Å². The topological polar surface area (TPSA) is 41.5 Å². The molecule has 1 aromatic rings. The van der Waals surface area contributed by atoms with Gasteiger partial charge in [0.25, 0.3) is 0 Å². The molecule has 0 aliphatic heterocycles. The predicted octanol–water partition coefficient (Wildman–Crippen LogP) is 1.39. The Labute approximate surface area is 86.7 Å². The Morgan fingerprint density at radius 3 is 2.40 bits per heavy atom. The minimum absolute atomic E-state index is 0.0331. The van der Waals surface area contributed by atoms with Crippen LogP contribution in [-0.4, -0.2) is 31.5 Å². The fourth-order valence-electron chi connectivity index (χ4n) is 1.09. The third-order valence-electron chi connectivity index (χ3n) is 1.67. The van der Waals surface area contributed by atoms with Crippen molar-refractivity contribution in [1.29, 1.82) is 0 Å². The molecule has 5 heteroatoms. The van der Waals surface area contributed by atoms with Crippen molar-refractivity contribution in [3.63, 3.8) is 0 Å². The van der Waals surface area contributed by atoms with Crippen LogP contribution in [0.25, 0.3) is 0 Å². The number of hydrogen-bond acceptors (Lipinski definition) is 3. The number of rotatable bonds is 6. The highest BCUT2D eigenvalue weighted by molar-refractivity contribution is 5.43. The lowest BCUT2D eigenvalue weighted by atomic mass is 10.3. The molecule has 84 valence electrons. The summed E-state index contributed by atoms with van der Waals surface area (Å²) in [6.45, 7) is 1.04. The van der Waals surface area contributed by atoms with Crippen LogP contribution in [0, 0.1) is 11.6 Å². The van der Waals surface area contributed by atoms with E-state index in [1.807, 2.05) is 0 Å². The van der Waals surface area contributed by atoms with E-state index < -0.39 is 11.6 Å². The normalized spacial score (nSPS) is 10.3. The molecule has 0 saturated heterocycles. The minimum atomic E-state index is -0.617. The zero-order chi connectivity index (χ0) is 11.1. The predicted molar refractivity (Wildman–Crippen MR) is 52.8 cm³/mol. The van der Waals surface area contributed by atoms with Gasteiger partial charge in [0.2, 0.25) is 0 Å². The van der Waals surface area contributed by atoms with Gasteiger partial charge in [-0.2, -0.15) is 0 Å². The Hall–Kier alpha value is -1.20. The largest absolute Gasteiger partial charge is 0.394 e. The monoisotopic (exact) mass is 217 g/mol. The summed E-state index contributed by atoms with van der Waals surface area (Å²) >= 11 is 0. The van der Waals surface area contributed by atoms with E-state index in [0.29, 0.717) is 18.8 Å². The van der Waals surface area contributed by atoms with Crippen molar-refractivity contribution in [2.75, 3.05) is 31.7 Å². The second kappa shape index (κ2) is 6.31. The zero-order valence-electron chi connectivity index (χ0n) is 8.17. The fraction of sp³-hybridized carbons (Fsp3) is 0.400. The van der Waals surface area contributed by atoms with Crippen molar-refractivity contribution < 1.29 is 18.6 Å². The molecule has 0 radical (unpaired) electrons. The quantitative estimate of drug-likeness (QED) is 0.707. The number of anilines is 1. The Morgan fingerprint density at radius 2 is 1.80 bits per heavy atom. The number of nitrogens with one attached hydrogen (secondary N) is 1. The van der Waals surface area contributed by atoms with Crippen molar-refractivity contribution in [2.24, 2.45) is 0 Å². The van der Waals surface area contributed by atoms with Crippen molar-refractivity contribution in [3.8, 4) is 0 Å². The lowest BCUT2D eigenvalue weighted by molar-refractivity contribution is 0.0992. The lowest BCUT2D eigenvalue weighted by Gasteiger charge is -2.06. The van der Waals surface area contributed by atoms with Gasteiger partial charge in [0.05, 0.1) is 19.8 Å². The average molecular weight is 217 g/mol. The van der Waals surface area contributed by atoms with Crippen molar-refractivity contribution in [2.45, 2.75) is 0 Å². The standard InChI is InChI=1S/C10H13F2NO2/c11-8-5-9(12)7-10(6-8)13-1-3-15-4-2-14/h5-7,13-14H,1-4H2. The van der Waals surface area contributed by atoms with Crippen LogP contribution in [0.3, 0.4) is 0 Å². The molecular weight excluding hydrogens is 204 g/mol. The smallest absolute Gasteiger partial charge is 0.128 e. The number of hydrogen-bond donors (Lipinski definition) is 2. The van der Waals surface area contributed by atoms with E-state index in [2.05, 4.69) is 5.32 Å². The molecule has 15 heavy (non-hydrogen) atoms. The molecule has 0 aromatic heterocycles. The van der Waals surface area contributed by atoms with Crippen LogP contribution in [0.2, 0.25) is 0 Å². The summed E-state index contributed by atoms with van der Waals surface area (Å²) < 4.78 is 30.4. The first-order chi connectivity index (χ1) is 7.22. The third kappa shape index (κ3) is 4.71. The van der Waals surface area contributed by atoms with E-state index in [-0.39, 0.29) is 13.2 Å². The van der Waals surface area contributed by atoms with E-state index in [9.17, 15) is 8.78 Å². The van der Waals surface area contributed by atoms with Gasteiger partial charge in [-0.1, -0.05) is 0 Å². The average Bonchev–Trinajstić information content (AvgIpc) is 2.16. The summed E-state index contributed by atoms with van der Waals surface area (Å²) in [4.78, 5) is 0. The summed E-state index contributed by atoms with van der Waals surface area (Å²) in [5.74, 6) is -1.23. The summed E-state index contributed by atoms with van der Waals surface area (Å²) in [5, 5.41) is 11.2. The van der Waals surface area contributed by atoms with E-state index >= 15 is 0 Å². The molecule has 3 nitrogen and oxygen atoms in total. The molecule has 0 spiro atoms. The van der Waals surface area contributed by atoms with Crippen LogP contribution < -0.4 is 5.32 Å². The van der Waals surface area contributed by atoms with Gasteiger partial charge in [-0.05, 0) is 12.1 Å². The number of ether oxygens (including phenoxy) is 1. The number of benzene rings is 1. The minimum Gasteiger partial charge on any atom is -0.394 e. The highest BCUT2D eigenvalue weighted by Crippen LogP contribution is 2.12. The van der Waals surface area contributed by atoms with Crippen molar-refractivity contribution in [1.82, 2.24) is 0 Å². The number of halogens is 2. The highest BCUT2D eigenvalue weighted by Gasteiger charge is 1.99. The molecule has 0 aliphatic carbocycles. The van der Waals surface area contributed by atoms with Gasteiger partial charge in [-0.15, -0.1) is 0 Å². The summed E-state index contributed by atoms with van der Waals surface area (Å²) in [6, 6.07) is 3.22. The number of aliphatic hydroxyl groups is 1. The second-order valence-corrected chi connectivity index (χ2v) is 2.92. The third-order valence-corrected chi connectivity index (χ3v) is 1.67. The van der Waals surface area contributed by atoms with Crippen LogP contribution in [0.1, 0.15) is 0 Å². The highest BCUT2D eigenvalue weighted by atomic mass is 19.1. The maximum Gasteiger partial charge on any atom is 0.128 e. The van der Waals surface area contributed by atoms with E-state index in [0.717, 1.165) is 6.07 Å². The zero-order valence-corrected chi connectivity index (χ0v) is 8.17. The molecule has 0 atom stereocenters. The lowest BCUT2D eigenvalue weighted by Crippen LogP contribution is -2.11. The first-order valence-corrected chi connectivity index (χ1v) is 4.61. The van der Waals surface area contributed by atoms with Gasteiger partial charge in [0, 0.05) is 18.3 Å². The van der Waals surface area contributed by atoms with E-state index in [1.165, 1.54) is 12.1 Å². The van der Waals surface area contributed by atoms with Crippen molar-refractivity contribution >= 4 is 5.69 Å². The molecule has 0 unspecified atom stereocenters. The molecular formula is C10H13F2NO2. The molecule has 0 fully saturated rings. The number of aliphatic hydroxyl groups excluding tert-OH is 1. The van der Waals surface area contributed by atoms with Crippen molar-refractivity contribution in [3.05, 3.63) is 29.8 Å². The van der Waals surface area contributed by atoms with Crippen LogP contribution in [0.15, 0.2) is 18.2 Å². The molecule has 0 aliphatic rings. The maximum absolute atomic E-state index is 12.7. The fourth-order valence-corrected chi connectivity index (χ4v) is 1.09. The van der Waals surface area contributed by atoms with Gasteiger partial charge >= 0.3 is 0 Å². The Morgan fingerprint density at radius 1 is 1.13 bits per heavy atom. The summed E-state index contributed by atoms with van der Waals surface area (Å²) in [7, 11) is 0. The van der Waals surface area contributed by atoms with E-state index in [1.54, 1.807) is 0 Å². The Kier molecular flexibility index (Phi) is 5.00. The van der Waals surface area contributed by atoms with Crippen LogP contribution in [0.5, 0.6) is 0 Å². The summed E-state index contributed by atoms with van der Waals surface area (Å²) in [6.07, 6.45) is 0. The summed E-state index contributed by atoms with van der Waals surface area (Å²) in [5.41, 5.74) is 0.375. The molecule has 1 aromatic carbocycles. The van der Waals surface area contributed by atoms with Gasteiger partial charge < -0.3 is 15.2 Å². The van der Waals surface area contributed by atoms with E-state index in [4.69, 9.17) is 9.84 Å². The Bertz CT molecular complexity index is 287. The molecule has 0 amide bonds. The Balaban J connectivity index is 2.31. The van der Waals surface area contributed by atoms with Gasteiger partial charge in [-0.25, -0.2) is 8.78 Å².